The molecule has 5 nitrogen and oxygen atoms in total. The van der Waals surface area contributed by atoms with Gasteiger partial charge in [-0.2, -0.15) is 0 Å². The number of hydrogen-bond donors (Lipinski definition) is 1. The van der Waals surface area contributed by atoms with Crippen LogP contribution >= 0.6 is 0 Å². The number of hydrogen-bond acceptors (Lipinski definition) is 4. The number of aromatic nitrogens is 1. The Hall–Kier alpha value is -2.30. The lowest BCUT2D eigenvalue weighted by Crippen LogP contribution is -2.34. The first-order valence-electron chi connectivity index (χ1n) is 9.08. The van der Waals surface area contributed by atoms with Crippen LogP contribution in [0.15, 0.2) is 34.5 Å². The van der Waals surface area contributed by atoms with E-state index in [0.717, 1.165) is 25.0 Å². The zero-order valence-electron chi connectivity index (χ0n) is 15.6. The average Bonchev–Trinajstić information content (AvgIpc) is 3.11. The fraction of sp³-hybridized carbons (Fsp3) is 0.500. The molecule has 1 aromatic rings. The van der Waals surface area contributed by atoms with Crippen LogP contribution in [-0.2, 0) is 11.2 Å². The maximum Gasteiger partial charge on any atom is 0.228 e. The van der Waals surface area contributed by atoms with Crippen molar-refractivity contribution in [2.24, 2.45) is 0 Å². The monoisotopic (exact) mass is 344 g/mol. The van der Waals surface area contributed by atoms with Crippen LogP contribution in [0, 0.1) is 6.92 Å². The molecule has 25 heavy (non-hydrogen) atoms. The number of oxazole rings is 1. The van der Waals surface area contributed by atoms with Gasteiger partial charge in [0, 0.05) is 18.2 Å². The maximum absolute atomic E-state index is 12.4. The van der Waals surface area contributed by atoms with Gasteiger partial charge in [-0.1, -0.05) is 19.9 Å². The Balaban J connectivity index is 0.00000109. The number of aliphatic hydroxyl groups excluding tert-OH is 1. The van der Waals surface area contributed by atoms with E-state index in [-0.39, 0.29) is 18.1 Å². The van der Waals surface area contributed by atoms with Crippen LogP contribution in [0.2, 0.25) is 0 Å². The lowest BCUT2D eigenvalue weighted by atomic mass is 10.2. The number of carbonyl (C=O) groups is 1. The van der Waals surface area contributed by atoms with Crippen LogP contribution in [-0.4, -0.2) is 33.5 Å². The van der Waals surface area contributed by atoms with E-state index in [2.05, 4.69) is 11.9 Å². The molecule has 5 heteroatoms. The molecule has 1 saturated heterocycles. The van der Waals surface area contributed by atoms with Gasteiger partial charge in [-0.3, -0.25) is 4.79 Å². The third kappa shape index (κ3) is 4.62. The van der Waals surface area contributed by atoms with Gasteiger partial charge in [-0.25, -0.2) is 4.98 Å². The highest BCUT2D eigenvalue weighted by Gasteiger charge is 2.26. The Morgan fingerprint density at radius 1 is 1.36 bits per heavy atom. The molecule has 0 bridgehead atoms. The first-order valence-corrected chi connectivity index (χ1v) is 9.08. The molecule has 1 atom stereocenters. The molecule has 0 radical (unpaired) electrons. The zero-order chi connectivity index (χ0) is 18.4. The largest absolute Gasteiger partial charge is 0.508 e. The van der Waals surface area contributed by atoms with Crippen LogP contribution in [0.3, 0.4) is 0 Å². The Kier molecular flexibility index (Phi) is 6.62. The van der Waals surface area contributed by atoms with Crippen molar-refractivity contribution in [3.8, 4) is 0 Å². The minimum atomic E-state index is 0.114. The van der Waals surface area contributed by atoms with E-state index in [1.54, 1.807) is 18.2 Å². The van der Waals surface area contributed by atoms with Gasteiger partial charge >= 0.3 is 0 Å². The maximum atomic E-state index is 12.4. The second-order valence-corrected chi connectivity index (χ2v) is 6.13. The van der Waals surface area contributed by atoms with Crippen molar-refractivity contribution in [3.63, 3.8) is 0 Å². The molecule has 1 aliphatic heterocycles. The minimum Gasteiger partial charge on any atom is -0.508 e. The smallest absolute Gasteiger partial charge is 0.228 e. The number of allylic oxidation sites excluding steroid dienone is 5. The summed E-state index contributed by atoms with van der Waals surface area (Å²) in [6, 6.07) is 0.315. The molecule has 1 aliphatic carbocycles. The Labute approximate surface area is 149 Å². The van der Waals surface area contributed by atoms with Crippen molar-refractivity contribution in [3.05, 3.63) is 47.4 Å². The second-order valence-electron chi connectivity index (χ2n) is 6.13. The minimum absolute atomic E-state index is 0.114. The van der Waals surface area contributed by atoms with Crippen molar-refractivity contribution in [2.75, 3.05) is 6.54 Å². The third-order valence-electron chi connectivity index (χ3n) is 4.43. The van der Waals surface area contributed by atoms with E-state index in [1.807, 2.05) is 31.7 Å². The Bertz CT molecular complexity index is 698. The number of carbonyl (C=O) groups excluding carboxylic acids is 1. The van der Waals surface area contributed by atoms with Crippen LogP contribution < -0.4 is 0 Å². The highest BCUT2D eigenvalue weighted by atomic mass is 16.4. The molecule has 2 aliphatic rings. The fourth-order valence-corrected chi connectivity index (χ4v) is 3.04. The predicted molar refractivity (Wildman–Crippen MR) is 99.1 cm³/mol. The topological polar surface area (TPSA) is 66.6 Å². The summed E-state index contributed by atoms with van der Waals surface area (Å²) in [4.78, 5) is 18.9. The van der Waals surface area contributed by atoms with Crippen molar-refractivity contribution < 1.29 is 14.3 Å². The van der Waals surface area contributed by atoms with Crippen LogP contribution in [0.5, 0.6) is 0 Å². The Morgan fingerprint density at radius 3 is 2.80 bits per heavy atom. The molecule has 0 unspecified atom stereocenters. The summed E-state index contributed by atoms with van der Waals surface area (Å²) in [6.45, 7) is 8.76. The van der Waals surface area contributed by atoms with E-state index >= 15 is 0 Å². The highest BCUT2D eigenvalue weighted by molar-refractivity contribution is 5.79. The van der Waals surface area contributed by atoms with E-state index < -0.39 is 0 Å². The van der Waals surface area contributed by atoms with Crippen molar-refractivity contribution >= 4 is 11.5 Å². The number of likely N-dealkylation sites (tertiary alicyclic amines) is 1. The van der Waals surface area contributed by atoms with Gasteiger partial charge in [0.05, 0.1) is 12.1 Å². The first kappa shape index (κ1) is 19.0. The van der Waals surface area contributed by atoms with Gasteiger partial charge in [0.25, 0.3) is 0 Å². The summed E-state index contributed by atoms with van der Waals surface area (Å²) in [7, 11) is 0. The lowest BCUT2D eigenvalue weighted by molar-refractivity contribution is -0.131. The number of rotatable bonds is 3. The quantitative estimate of drug-likeness (QED) is 0.885. The summed E-state index contributed by atoms with van der Waals surface area (Å²) in [6.07, 6.45) is 10.1. The van der Waals surface area contributed by atoms with Crippen LogP contribution in [0.4, 0.5) is 0 Å². The van der Waals surface area contributed by atoms with Gasteiger partial charge in [-0.15, -0.1) is 0 Å². The molecule has 0 aromatic carbocycles. The lowest BCUT2D eigenvalue weighted by Gasteiger charge is -2.20. The van der Waals surface area contributed by atoms with Gasteiger partial charge in [0.15, 0.2) is 0 Å². The Morgan fingerprint density at radius 2 is 2.12 bits per heavy atom. The highest BCUT2D eigenvalue weighted by Crippen LogP contribution is 2.24. The summed E-state index contributed by atoms with van der Waals surface area (Å²) in [5.74, 6) is 1.52. The van der Waals surface area contributed by atoms with Crippen LogP contribution in [0.1, 0.15) is 57.4 Å². The molecule has 1 aromatic heterocycles. The third-order valence-corrected chi connectivity index (χ3v) is 4.43. The molecule has 1 fully saturated rings. The molecular formula is C20H28N2O3. The second kappa shape index (κ2) is 8.70. The summed E-state index contributed by atoms with van der Waals surface area (Å²) in [5, 5.41) is 9.52. The fourth-order valence-electron chi connectivity index (χ4n) is 3.04. The van der Waals surface area contributed by atoms with Gasteiger partial charge in [0.1, 0.15) is 11.5 Å². The van der Waals surface area contributed by atoms with E-state index in [9.17, 15) is 9.90 Å². The number of aryl methyl sites for hydroxylation is 1. The summed E-state index contributed by atoms with van der Waals surface area (Å²) in [5.41, 5.74) is 1.52. The van der Waals surface area contributed by atoms with Crippen molar-refractivity contribution in [2.45, 2.75) is 59.4 Å². The average molecular weight is 344 g/mol. The van der Waals surface area contributed by atoms with E-state index in [1.165, 1.54) is 0 Å². The van der Waals surface area contributed by atoms with Crippen molar-refractivity contribution in [1.29, 1.82) is 0 Å². The standard InChI is InChI=1S/C18H22N2O3.C2H6/c1-12-5-4-10-20(12)17(22)11-16-13(2)23-18(19-16)14-6-3-7-15(21)9-8-14;1-2/h6-9,12,21H,3-5,10-11H2,1-2H3;1-2H3/t12-;/m1./s1. The zero-order valence-corrected chi connectivity index (χ0v) is 15.6. The first-order chi connectivity index (χ1) is 12.0. The number of aliphatic hydroxyl groups is 1. The van der Waals surface area contributed by atoms with Crippen molar-refractivity contribution in [1.82, 2.24) is 9.88 Å². The van der Waals surface area contributed by atoms with E-state index in [4.69, 9.17) is 4.42 Å². The molecular weight excluding hydrogens is 316 g/mol. The molecule has 2 heterocycles. The number of nitrogens with zero attached hydrogens (tertiary/aromatic N) is 2. The molecule has 3 rings (SSSR count). The predicted octanol–water partition coefficient (Wildman–Crippen LogP) is 4.35. The molecule has 0 saturated carbocycles. The summed E-state index contributed by atoms with van der Waals surface area (Å²) < 4.78 is 5.73. The van der Waals surface area contributed by atoms with Gasteiger partial charge in [0.2, 0.25) is 11.8 Å². The van der Waals surface area contributed by atoms with Gasteiger partial charge < -0.3 is 14.4 Å². The molecule has 1 amide bonds. The molecule has 1 N–H and O–H groups in total. The molecule has 0 spiro atoms. The van der Waals surface area contributed by atoms with E-state index in [0.29, 0.717) is 29.8 Å². The summed E-state index contributed by atoms with van der Waals surface area (Å²) >= 11 is 0. The molecule has 136 valence electrons. The van der Waals surface area contributed by atoms with Gasteiger partial charge in [-0.05, 0) is 51.3 Å². The normalized spacial score (nSPS) is 19.7. The van der Waals surface area contributed by atoms with Crippen LogP contribution in [0.25, 0.3) is 5.57 Å². The SMILES string of the molecule is CC.Cc1oc(C2=CCC=C(O)C=C2)nc1CC(=O)N1CCC[C@H]1C. The number of amides is 1.